The van der Waals surface area contributed by atoms with E-state index in [0.29, 0.717) is 54.3 Å². The summed E-state index contributed by atoms with van der Waals surface area (Å²) >= 11 is 0. The maximum Gasteiger partial charge on any atom is 0.326 e. The van der Waals surface area contributed by atoms with Crippen LogP contribution in [0.25, 0.3) is 22.1 Å². The molecule has 0 radical (unpaired) electrons. The number of aromatic nitrogens is 4. The summed E-state index contributed by atoms with van der Waals surface area (Å²) in [4.78, 5) is 33.1. The van der Waals surface area contributed by atoms with Gasteiger partial charge in [0.15, 0.2) is 23.0 Å². The Morgan fingerprint density at radius 3 is 2.71 bits per heavy atom. The number of carboxylic acid groups (broad SMARTS) is 1. The Kier molecular flexibility index (Phi) is 8.15. The van der Waals surface area contributed by atoms with Gasteiger partial charge >= 0.3 is 5.97 Å². The summed E-state index contributed by atoms with van der Waals surface area (Å²) in [5, 5.41) is 10.8. The van der Waals surface area contributed by atoms with Gasteiger partial charge in [0.1, 0.15) is 40.2 Å². The van der Waals surface area contributed by atoms with Gasteiger partial charge in [0.25, 0.3) is 6.43 Å². The predicted octanol–water partition coefficient (Wildman–Crippen LogP) is 5.06. The first kappa shape index (κ1) is 32.7. The molecule has 3 atom stereocenters. The van der Waals surface area contributed by atoms with E-state index in [9.17, 15) is 23.1 Å². The zero-order valence-electron chi connectivity index (χ0n) is 27.5. The number of furan rings is 1. The number of ether oxygens (including phenoxy) is 3. The van der Waals surface area contributed by atoms with Gasteiger partial charge < -0.3 is 33.5 Å². The van der Waals surface area contributed by atoms with E-state index in [1.165, 1.54) is 17.2 Å². The minimum absolute atomic E-state index is 0.00577. The summed E-state index contributed by atoms with van der Waals surface area (Å²) in [6, 6.07) is 10.2. The second-order valence-electron chi connectivity index (χ2n) is 12.8. The average Bonchev–Trinajstić information content (AvgIpc) is 3.70. The number of carboxylic acids is 1. The summed E-state index contributed by atoms with van der Waals surface area (Å²) in [5.41, 5.74) is 1.82. The molecule has 262 valence electrons. The van der Waals surface area contributed by atoms with E-state index in [-0.39, 0.29) is 47.5 Å². The van der Waals surface area contributed by atoms with Gasteiger partial charge in [0, 0.05) is 35.8 Å². The first-order chi connectivity index (χ1) is 24.6. The van der Waals surface area contributed by atoms with Crippen molar-refractivity contribution >= 4 is 39.5 Å². The number of pyridine rings is 2. The van der Waals surface area contributed by atoms with Crippen LogP contribution in [0.5, 0.6) is 5.88 Å². The van der Waals surface area contributed by atoms with E-state index in [2.05, 4.69) is 36.7 Å². The van der Waals surface area contributed by atoms with Crippen LogP contribution in [0.4, 0.5) is 24.7 Å². The molecule has 3 aliphatic rings. The van der Waals surface area contributed by atoms with E-state index in [0.717, 1.165) is 0 Å². The molecular formula is C36H31F3N6O6. The van der Waals surface area contributed by atoms with Crippen LogP contribution in [-0.4, -0.2) is 87.7 Å². The fourth-order valence-corrected chi connectivity index (χ4v) is 6.86. The Bertz CT molecular complexity index is 2230. The number of rotatable bonds is 6. The first-order valence-corrected chi connectivity index (χ1v) is 16.4. The SMILES string of the molecule is Cc1ccc(F)c(C#Cc2cnc(O[C@H]3C[C@@H](C(=O)O)N(c4nc(C(F)F)nc5c4oc4ccccc45)C3)c(N3CCOC4(COC4)[C@@H]3C)c2)n1. The molecule has 0 aliphatic carbocycles. The third-order valence-corrected chi connectivity index (χ3v) is 9.61. The van der Waals surface area contributed by atoms with Crippen LogP contribution < -0.4 is 14.5 Å². The Hall–Kier alpha value is -5.46. The number of aliphatic carboxylic acids is 1. The van der Waals surface area contributed by atoms with Crippen molar-refractivity contribution in [3.05, 3.63) is 77.3 Å². The van der Waals surface area contributed by atoms with Crippen LogP contribution in [0.15, 0.2) is 53.1 Å². The number of halogens is 3. The van der Waals surface area contributed by atoms with Crippen molar-refractivity contribution in [2.75, 3.05) is 42.7 Å². The second kappa shape index (κ2) is 12.7. The number of nitrogens with zero attached hydrogens (tertiary/aromatic N) is 6. The summed E-state index contributed by atoms with van der Waals surface area (Å²) in [6.45, 7) is 5.47. The molecule has 12 nitrogen and oxygen atoms in total. The molecule has 15 heteroatoms. The number of hydrogen-bond acceptors (Lipinski definition) is 11. The van der Waals surface area contributed by atoms with Crippen molar-refractivity contribution in [1.82, 2.24) is 19.9 Å². The van der Waals surface area contributed by atoms with Crippen LogP contribution in [0.3, 0.4) is 0 Å². The van der Waals surface area contributed by atoms with Crippen molar-refractivity contribution in [3.63, 3.8) is 0 Å². The normalized spacial score (nSPS) is 21.3. The summed E-state index contributed by atoms with van der Waals surface area (Å²) in [5.74, 6) is 3.44. The topological polar surface area (TPSA) is 136 Å². The van der Waals surface area contributed by atoms with E-state index in [1.807, 2.05) is 6.92 Å². The molecule has 3 fully saturated rings. The molecule has 0 unspecified atom stereocenters. The summed E-state index contributed by atoms with van der Waals surface area (Å²) in [6.07, 6.45) is -2.28. The molecular weight excluding hydrogens is 669 g/mol. The van der Waals surface area contributed by atoms with Crippen molar-refractivity contribution in [2.24, 2.45) is 0 Å². The molecule has 1 aromatic carbocycles. The molecule has 0 saturated carbocycles. The monoisotopic (exact) mass is 700 g/mol. The first-order valence-electron chi connectivity index (χ1n) is 16.4. The van der Waals surface area contributed by atoms with Crippen molar-refractivity contribution in [1.29, 1.82) is 0 Å². The quantitative estimate of drug-likeness (QED) is 0.237. The molecule has 0 amide bonds. The van der Waals surface area contributed by atoms with Gasteiger partial charge in [0.2, 0.25) is 5.88 Å². The van der Waals surface area contributed by atoms with Crippen LogP contribution >= 0.6 is 0 Å². The van der Waals surface area contributed by atoms with Gasteiger partial charge in [-0.2, -0.15) is 0 Å². The van der Waals surface area contributed by atoms with Gasteiger partial charge in [-0.25, -0.2) is 37.9 Å². The number of morpholine rings is 1. The van der Waals surface area contributed by atoms with E-state index >= 15 is 0 Å². The average molecular weight is 701 g/mol. The van der Waals surface area contributed by atoms with E-state index in [1.54, 1.807) is 43.3 Å². The summed E-state index contributed by atoms with van der Waals surface area (Å²) < 4.78 is 66.7. The molecule has 0 bridgehead atoms. The van der Waals surface area contributed by atoms with Crippen LogP contribution in [0, 0.1) is 24.6 Å². The minimum Gasteiger partial charge on any atom is -0.480 e. The van der Waals surface area contributed by atoms with Crippen molar-refractivity contribution in [2.45, 2.75) is 50.5 Å². The van der Waals surface area contributed by atoms with Gasteiger partial charge in [-0.15, -0.1) is 0 Å². The number of aryl methyl sites for hydroxylation is 1. The maximum atomic E-state index is 14.4. The van der Waals surface area contributed by atoms with Crippen molar-refractivity contribution in [3.8, 4) is 17.7 Å². The number of anilines is 2. The minimum atomic E-state index is -3.01. The highest BCUT2D eigenvalue weighted by molar-refractivity contribution is 6.06. The third-order valence-electron chi connectivity index (χ3n) is 9.61. The number of benzene rings is 1. The molecule has 8 rings (SSSR count). The van der Waals surface area contributed by atoms with Gasteiger partial charge in [0.05, 0.1) is 32.4 Å². The highest BCUT2D eigenvalue weighted by Gasteiger charge is 2.50. The molecule has 51 heavy (non-hydrogen) atoms. The fraction of sp³-hybridized carbons (Fsp3) is 0.361. The molecule has 3 saturated heterocycles. The Morgan fingerprint density at radius 1 is 1.12 bits per heavy atom. The molecule has 1 N–H and O–H groups in total. The molecule has 5 aromatic rings. The number of alkyl halides is 2. The van der Waals surface area contributed by atoms with Crippen LogP contribution in [0.1, 0.15) is 42.5 Å². The van der Waals surface area contributed by atoms with E-state index in [4.69, 9.17) is 18.6 Å². The zero-order valence-corrected chi connectivity index (χ0v) is 27.5. The highest BCUT2D eigenvalue weighted by atomic mass is 19.3. The van der Waals surface area contributed by atoms with E-state index < -0.39 is 41.8 Å². The molecule has 1 spiro atoms. The Morgan fingerprint density at radius 2 is 1.94 bits per heavy atom. The lowest BCUT2D eigenvalue weighted by Gasteiger charge is -2.53. The van der Waals surface area contributed by atoms with Gasteiger partial charge in [-0.05, 0) is 50.1 Å². The third kappa shape index (κ3) is 5.83. The predicted molar refractivity (Wildman–Crippen MR) is 178 cm³/mol. The Balaban J connectivity index is 1.16. The standard InChI is InChI=1S/C36H31F3N6O6/c1-19-7-9-24(37)25(41-19)10-8-21-13-26(44-11-12-49-36(20(44)2)17-48-18-36)34(40-15-21)50-22-14-27(35(46)47)45(16-22)33-30-29(42-32(43-33)31(38)39)23-5-3-4-6-28(23)51-30/h3-7,9,13,15,20,22,27,31H,11-12,14,16-18H2,1-2H3,(H,46,47)/t20-,22-,27-/m0/s1. The summed E-state index contributed by atoms with van der Waals surface area (Å²) in [7, 11) is 0. The Labute approximate surface area is 289 Å². The highest BCUT2D eigenvalue weighted by Crippen LogP contribution is 2.41. The number of fused-ring (bicyclic) bond motifs is 3. The van der Waals surface area contributed by atoms with Gasteiger partial charge in [-0.3, -0.25) is 0 Å². The lowest BCUT2D eigenvalue weighted by Crippen LogP contribution is -2.68. The van der Waals surface area contributed by atoms with Crippen molar-refractivity contribution < 1.29 is 41.7 Å². The zero-order chi connectivity index (χ0) is 35.4. The van der Waals surface area contributed by atoms with Gasteiger partial charge in [-0.1, -0.05) is 18.1 Å². The fourth-order valence-electron chi connectivity index (χ4n) is 6.86. The number of carbonyl (C=O) groups is 1. The lowest BCUT2D eigenvalue weighted by atomic mass is 9.90. The number of hydrogen-bond donors (Lipinski definition) is 1. The maximum absolute atomic E-state index is 14.4. The molecule has 4 aromatic heterocycles. The lowest BCUT2D eigenvalue weighted by molar-refractivity contribution is -0.228. The van der Waals surface area contributed by atoms with Crippen LogP contribution in [-0.2, 0) is 14.3 Å². The molecule has 7 heterocycles. The molecule has 3 aliphatic heterocycles. The number of para-hydroxylation sites is 1. The second-order valence-corrected chi connectivity index (χ2v) is 12.8. The largest absolute Gasteiger partial charge is 0.480 e. The smallest absolute Gasteiger partial charge is 0.326 e. The van der Waals surface area contributed by atoms with Crippen LogP contribution in [0.2, 0.25) is 0 Å².